The third-order valence-electron chi connectivity index (χ3n) is 3.22. The van der Waals surface area contributed by atoms with E-state index in [4.69, 9.17) is 27.9 Å². The number of hydrogen-bond donors (Lipinski definition) is 0. The summed E-state index contributed by atoms with van der Waals surface area (Å²) >= 11 is 13.0. The van der Waals surface area contributed by atoms with Crippen LogP contribution in [0, 0.1) is 0 Å². The molecular formula is C17H17Cl2NO3S. The highest BCUT2D eigenvalue weighted by atomic mass is 35.5. The molecule has 1 atom stereocenters. The molecule has 2 aromatic rings. The number of alkyl halides is 1. The summed E-state index contributed by atoms with van der Waals surface area (Å²) in [4.78, 5) is 26.1. The lowest BCUT2D eigenvalue weighted by Crippen LogP contribution is -2.39. The second kappa shape index (κ2) is 9.06. The summed E-state index contributed by atoms with van der Waals surface area (Å²) in [5.74, 6) is -0.478. The maximum atomic E-state index is 12.8. The first-order valence-corrected chi connectivity index (χ1v) is 9.04. The Kier molecular flexibility index (Phi) is 7.09. The van der Waals surface area contributed by atoms with Crippen molar-refractivity contribution in [2.45, 2.75) is 19.6 Å². The Morgan fingerprint density at radius 3 is 2.46 bits per heavy atom. The van der Waals surface area contributed by atoms with Gasteiger partial charge in [0.15, 0.2) is 0 Å². The fourth-order valence-electron chi connectivity index (χ4n) is 2.21. The molecule has 0 N–H and O–H groups in total. The van der Waals surface area contributed by atoms with E-state index in [0.717, 1.165) is 5.56 Å². The SMILES string of the molecule is CC(=O)OC(CCl)CN(Cc1ccccc1)C(=O)c1ccc(Cl)s1. The van der Waals surface area contributed by atoms with E-state index >= 15 is 0 Å². The fraction of sp³-hybridized carbons (Fsp3) is 0.294. The molecule has 2 rings (SSSR count). The molecule has 0 radical (unpaired) electrons. The molecule has 1 amide bonds. The van der Waals surface area contributed by atoms with Gasteiger partial charge in [-0.05, 0) is 17.7 Å². The number of esters is 1. The maximum absolute atomic E-state index is 12.8. The molecule has 0 fully saturated rings. The van der Waals surface area contributed by atoms with Gasteiger partial charge >= 0.3 is 5.97 Å². The van der Waals surface area contributed by atoms with Gasteiger partial charge in [-0.3, -0.25) is 9.59 Å². The molecule has 1 aromatic carbocycles. The zero-order valence-electron chi connectivity index (χ0n) is 13.1. The number of thiophene rings is 1. The van der Waals surface area contributed by atoms with E-state index in [9.17, 15) is 9.59 Å². The average molecular weight is 386 g/mol. The van der Waals surface area contributed by atoms with Crippen molar-refractivity contribution >= 4 is 46.4 Å². The summed E-state index contributed by atoms with van der Waals surface area (Å²) in [6.45, 7) is 1.93. The Hall–Kier alpha value is -1.56. The van der Waals surface area contributed by atoms with Crippen molar-refractivity contribution < 1.29 is 14.3 Å². The second-order valence-corrected chi connectivity index (χ2v) is 7.18. The van der Waals surface area contributed by atoms with Crippen LogP contribution >= 0.6 is 34.5 Å². The molecule has 0 saturated heterocycles. The van der Waals surface area contributed by atoms with E-state index < -0.39 is 12.1 Å². The minimum atomic E-state index is -0.563. The monoisotopic (exact) mass is 385 g/mol. The van der Waals surface area contributed by atoms with Gasteiger partial charge in [-0.1, -0.05) is 41.9 Å². The summed E-state index contributed by atoms with van der Waals surface area (Å²) in [7, 11) is 0. The molecule has 0 aliphatic carbocycles. The van der Waals surface area contributed by atoms with Crippen LogP contribution in [0.1, 0.15) is 22.2 Å². The first-order chi connectivity index (χ1) is 11.5. The number of carbonyl (C=O) groups is 2. The molecule has 7 heteroatoms. The lowest BCUT2D eigenvalue weighted by Gasteiger charge is -2.26. The number of carbonyl (C=O) groups excluding carboxylic acids is 2. The number of ether oxygens (including phenoxy) is 1. The zero-order chi connectivity index (χ0) is 17.5. The zero-order valence-corrected chi connectivity index (χ0v) is 15.4. The average Bonchev–Trinajstić information content (AvgIpc) is 2.99. The van der Waals surface area contributed by atoms with E-state index in [0.29, 0.717) is 15.8 Å². The van der Waals surface area contributed by atoms with Gasteiger partial charge in [-0.2, -0.15) is 0 Å². The number of halogens is 2. The molecule has 24 heavy (non-hydrogen) atoms. The van der Waals surface area contributed by atoms with E-state index in [2.05, 4.69) is 0 Å². The van der Waals surface area contributed by atoms with E-state index in [1.165, 1.54) is 18.3 Å². The minimum absolute atomic E-state index is 0.114. The number of hydrogen-bond acceptors (Lipinski definition) is 4. The van der Waals surface area contributed by atoms with Crippen molar-refractivity contribution in [1.82, 2.24) is 4.90 Å². The van der Waals surface area contributed by atoms with Crippen LogP contribution in [0.5, 0.6) is 0 Å². The predicted octanol–water partition coefficient (Wildman–Crippen LogP) is 4.21. The first-order valence-electron chi connectivity index (χ1n) is 7.31. The number of nitrogens with zero attached hydrogens (tertiary/aromatic N) is 1. The Labute approximate surface area is 154 Å². The third kappa shape index (κ3) is 5.51. The molecule has 1 unspecified atom stereocenters. The highest BCUT2D eigenvalue weighted by molar-refractivity contribution is 7.17. The molecule has 128 valence electrons. The van der Waals surface area contributed by atoms with E-state index in [-0.39, 0.29) is 18.3 Å². The van der Waals surface area contributed by atoms with Gasteiger partial charge in [-0.15, -0.1) is 22.9 Å². The summed E-state index contributed by atoms with van der Waals surface area (Å²) in [6.07, 6.45) is -0.563. The number of rotatable bonds is 7. The van der Waals surface area contributed by atoms with Crippen molar-refractivity contribution in [1.29, 1.82) is 0 Å². The molecular weight excluding hydrogens is 369 g/mol. The predicted molar refractivity (Wildman–Crippen MR) is 96.8 cm³/mol. The molecule has 1 aromatic heterocycles. The molecule has 1 heterocycles. The second-order valence-electron chi connectivity index (χ2n) is 5.16. The van der Waals surface area contributed by atoms with Crippen LogP contribution in [-0.4, -0.2) is 35.3 Å². The first kappa shape index (κ1) is 18.8. The molecule has 4 nitrogen and oxygen atoms in total. The topological polar surface area (TPSA) is 46.6 Å². The highest BCUT2D eigenvalue weighted by Gasteiger charge is 2.23. The molecule has 0 saturated carbocycles. The van der Waals surface area contributed by atoms with Gasteiger partial charge in [0.05, 0.1) is 21.6 Å². The highest BCUT2D eigenvalue weighted by Crippen LogP contribution is 2.23. The maximum Gasteiger partial charge on any atom is 0.303 e. The lowest BCUT2D eigenvalue weighted by molar-refractivity contribution is -0.145. The molecule has 0 spiro atoms. The Bertz CT molecular complexity index is 690. The number of amides is 1. The van der Waals surface area contributed by atoms with Gasteiger partial charge in [-0.25, -0.2) is 0 Å². The molecule has 0 bridgehead atoms. The molecule has 0 aliphatic heterocycles. The van der Waals surface area contributed by atoms with Crippen molar-refractivity contribution in [3.05, 3.63) is 57.2 Å². The van der Waals surface area contributed by atoms with Gasteiger partial charge in [0.1, 0.15) is 6.10 Å². The van der Waals surface area contributed by atoms with Gasteiger partial charge in [0.25, 0.3) is 5.91 Å². The smallest absolute Gasteiger partial charge is 0.303 e. The van der Waals surface area contributed by atoms with Crippen LogP contribution < -0.4 is 0 Å². The summed E-state index contributed by atoms with van der Waals surface area (Å²) in [5, 5.41) is 0. The Morgan fingerprint density at radius 2 is 1.92 bits per heavy atom. The van der Waals surface area contributed by atoms with Crippen molar-refractivity contribution in [2.24, 2.45) is 0 Å². The minimum Gasteiger partial charge on any atom is -0.459 e. The summed E-state index contributed by atoms with van der Waals surface area (Å²) in [6, 6.07) is 13.0. The number of benzene rings is 1. The normalized spacial score (nSPS) is 11.8. The Balaban J connectivity index is 2.19. The molecule has 0 aliphatic rings. The van der Waals surface area contributed by atoms with Crippen LogP contribution in [0.15, 0.2) is 42.5 Å². The lowest BCUT2D eigenvalue weighted by atomic mass is 10.2. The summed E-state index contributed by atoms with van der Waals surface area (Å²) in [5.41, 5.74) is 0.977. The van der Waals surface area contributed by atoms with Crippen LogP contribution in [0.3, 0.4) is 0 Å². The van der Waals surface area contributed by atoms with E-state index in [1.54, 1.807) is 17.0 Å². The van der Waals surface area contributed by atoms with Crippen LogP contribution in [0.4, 0.5) is 0 Å². The van der Waals surface area contributed by atoms with Crippen LogP contribution in [-0.2, 0) is 16.1 Å². The van der Waals surface area contributed by atoms with Gasteiger partial charge in [0.2, 0.25) is 0 Å². The van der Waals surface area contributed by atoms with Crippen molar-refractivity contribution in [3.63, 3.8) is 0 Å². The van der Waals surface area contributed by atoms with E-state index in [1.807, 2.05) is 30.3 Å². The fourth-order valence-corrected chi connectivity index (χ4v) is 3.38. The third-order valence-corrected chi connectivity index (χ3v) is 4.78. The Morgan fingerprint density at radius 1 is 1.21 bits per heavy atom. The van der Waals surface area contributed by atoms with Crippen LogP contribution in [0.2, 0.25) is 4.34 Å². The van der Waals surface area contributed by atoms with Crippen molar-refractivity contribution in [2.75, 3.05) is 12.4 Å². The van der Waals surface area contributed by atoms with Crippen molar-refractivity contribution in [3.8, 4) is 0 Å². The summed E-state index contributed by atoms with van der Waals surface area (Å²) < 4.78 is 5.72. The van der Waals surface area contributed by atoms with Crippen LogP contribution in [0.25, 0.3) is 0 Å². The van der Waals surface area contributed by atoms with Gasteiger partial charge in [0, 0.05) is 13.5 Å². The standard InChI is InChI=1S/C17H17Cl2NO3S/c1-12(21)23-14(9-18)11-20(10-13-5-3-2-4-6-13)17(22)15-7-8-16(19)24-15/h2-8,14H,9-11H2,1H3. The largest absolute Gasteiger partial charge is 0.459 e. The van der Waals surface area contributed by atoms with Gasteiger partial charge < -0.3 is 9.64 Å². The quantitative estimate of drug-likeness (QED) is 0.529.